The number of fused-ring (bicyclic) bond motifs is 8. The smallest absolute Gasteiger partial charge is 0.143 e. The molecule has 0 aliphatic heterocycles. The Morgan fingerprint density at radius 3 is 1.68 bits per heavy atom. The lowest BCUT2D eigenvalue weighted by molar-refractivity contribution is 0.660. The molecule has 2 nitrogen and oxygen atoms in total. The molecule has 1 aromatic heterocycles. The number of hydrogen-bond acceptors (Lipinski definition) is 2. The molecule has 0 atom stereocenters. The van der Waals surface area contributed by atoms with E-state index in [0.29, 0.717) is 0 Å². The largest absolute Gasteiger partial charge is 0.455 e. The number of rotatable bonds is 6. The second kappa shape index (κ2) is 13.0. The maximum atomic E-state index is 10.3. The molecule has 0 N–H and O–H groups in total. The Kier molecular flexibility index (Phi) is 2.77. The lowest BCUT2D eigenvalue weighted by Crippen LogP contribution is -2.16. The summed E-state index contributed by atoms with van der Waals surface area (Å²) < 4.78 is 364. The second-order valence-electron chi connectivity index (χ2n) is 12.3. The van der Waals surface area contributed by atoms with Gasteiger partial charge in [0.25, 0.3) is 0 Å². The zero-order valence-corrected chi connectivity index (χ0v) is 28.4. The molecule has 1 aliphatic carbocycles. The van der Waals surface area contributed by atoms with E-state index in [0.717, 1.165) is 0 Å². The fourth-order valence-corrected chi connectivity index (χ4v) is 6.51. The van der Waals surface area contributed by atoms with Crippen LogP contribution < -0.4 is 4.90 Å². The highest BCUT2D eigenvalue weighted by Gasteiger charge is 2.36. The first kappa shape index (κ1) is 12.2. The molecule has 0 bridgehead atoms. The van der Waals surface area contributed by atoms with Gasteiger partial charge in [-0.1, -0.05) is 159 Å². The molecule has 2 heteroatoms. The molecule has 0 unspecified atom stereocenters. The van der Waals surface area contributed by atoms with Gasteiger partial charge in [-0.25, -0.2) is 0 Å². The van der Waals surface area contributed by atoms with E-state index >= 15 is 0 Å². The third-order valence-electron chi connectivity index (χ3n) is 9.01. The molecule has 1 heterocycles. The van der Waals surface area contributed by atoms with Crippen LogP contribution in [-0.4, -0.2) is 0 Å². The normalized spacial score (nSPS) is 23.0. The van der Waals surface area contributed by atoms with Crippen LogP contribution in [0.5, 0.6) is 0 Å². The summed E-state index contributed by atoms with van der Waals surface area (Å²) in [6.07, 6.45) is 0. The molecule has 0 amide bonds. The zero-order chi connectivity index (χ0) is 71.8. The van der Waals surface area contributed by atoms with Gasteiger partial charge in [-0.3, -0.25) is 0 Å². The Bertz CT molecular complexity index is 5110. The third-order valence-corrected chi connectivity index (χ3v) is 9.01. The highest BCUT2D eigenvalue weighted by atomic mass is 16.3. The van der Waals surface area contributed by atoms with E-state index in [2.05, 4.69) is 0 Å². The van der Waals surface area contributed by atoms with Crippen LogP contribution in [0.3, 0.4) is 0 Å². The Morgan fingerprint density at radius 2 is 0.982 bits per heavy atom. The van der Waals surface area contributed by atoms with Crippen LogP contribution in [0, 0.1) is 0 Å². The molecule has 9 aromatic carbocycles. The van der Waals surface area contributed by atoms with Gasteiger partial charge in [0.2, 0.25) is 0 Å². The van der Waals surface area contributed by atoms with Gasteiger partial charge in [0.1, 0.15) is 11.2 Å². The molecule has 57 heavy (non-hydrogen) atoms. The van der Waals surface area contributed by atoms with Crippen LogP contribution in [0.15, 0.2) is 204 Å². The van der Waals surface area contributed by atoms with Gasteiger partial charge in [-0.15, -0.1) is 0 Å². The minimum Gasteiger partial charge on any atom is -0.455 e. The van der Waals surface area contributed by atoms with Crippen molar-refractivity contribution in [3.63, 3.8) is 0 Å². The van der Waals surface area contributed by atoms with Gasteiger partial charge in [0, 0.05) is 52.9 Å². The standard InChI is InChI=1S/C55H39NO/c1-55(2)51-25-15-14-23-45(51)46-28-26-41(33-52(46)55)56(43-31-39(36-16-6-3-7-17-36)30-40(32-43)37-18-8-4-9-19-37)42-27-29-47-50-35-49(38-20-10-5-11-21-38)44-22-12-13-24-48(44)54(50)57-53(47)34-42/h3-35H,1-2H3/i1D3,2D3,3D,4D,5D,6D,7D,8D,9D,10D,11D,12D,13D,14D,15D,16D,17D,18D,19D,20D,21D,22D,23D,24D,25D,26D,27D,28D,29D,30D,31D,32D,33D,34D,35D. The lowest BCUT2D eigenvalue weighted by Gasteiger charge is -2.29. The van der Waals surface area contributed by atoms with Gasteiger partial charge < -0.3 is 9.32 Å². The van der Waals surface area contributed by atoms with Crippen LogP contribution in [0.4, 0.5) is 17.1 Å². The summed E-state index contributed by atoms with van der Waals surface area (Å²) in [4.78, 5) is 0.103. The molecule has 1 aliphatic rings. The highest BCUT2D eigenvalue weighted by molar-refractivity contribution is 6.19. The summed E-state index contributed by atoms with van der Waals surface area (Å²) in [5.74, 6) is 0. The van der Waals surface area contributed by atoms with Crippen molar-refractivity contribution in [3.05, 3.63) is 211 Å². The highest BCUT2D eigenvalue weighted by Crippen LogP contribution is 2.51. The van der Waals surface area contributed by atoms with Crippen molar-refractivity contribution >= 4 is 49.8 Å². The van der Waals surface area contributed by atoms with E-state index in [-0.39, 0.29) is 4.90 Å². The molecule has 11 rings (SSSR count). The minimum absolute atomic E-state index is 0.103. The van der Waals surface area contributed by atoms with Crippen LogP contribution in [0.25, 0.3) is 77.2 Å². The van der Waals surface area contributed by atoms with Crippen LogP contribution >= 0.6 is 0 Å². The number of hydrogen-bond donors (Lipinski definition) is 0. The maximum Gasteiger partial charge on any atom is 0.143 e. The van der Waals surface area contributed by atoms with E-state index in [9.17, 15) is 15.1 Å². The Morgan fingerprint density at radius 1 is 0.404 bits per heavy atom. The molecule has 0 radical (unpaired) electrons. The SMILES string of the molecule is [2H]c1c([2H])c([2H])c(-c2c([2H])c(-c3c([2H])c([2H])c([2H])c([2H])c3[2H])c([2H])c(N(c3c([2H])c([2H])c4c(c3[2H])C(C([2H])([2H])[2H])(C([2H])([2H])[2H])c3c([2H])c([2H])c([2H])c([2H])c3-4)c3c([2H])c([2H])c4c(oc5c6c([2H])c([2H])c([2H])c([2H])c6c(-c6c([2H])c([2H])c([2H])c([2H])c6[2H])c([2H])c54)c3[2H])c2[2H])c([2H])c1[2H]. The quantitative estimate of drug-likeness (QED) is 0.167. The van der Waals surface area contributed by atoms with E-state index in [1.807, 2.05) is 0 Å². The summed E-state index contributed by atoms with van der Waals surface area (Å²) in [7, 11) is 0. The zero-order valence-electron chi connectivity index (χ0n) is 67.4. The van der Waals surface area contributed by atoms with Crippen LogP contribution in [-0.2, 0) is 5.41 Å². The topological polar surface area (TPSA) is 16.4 Å². The first-order valence-electron chi connectivity index (χ1n) is 36.1. The first-order chi connectivity index (χ1) is 44.3. The molecule has 0 spiro atoms. The number of furan rings is 1. The van der Waals surface area contributed by atoms with Crippen LogP contribution in [0.1, 0.15) is 78.3 Å². The molecule has 0 fully saturated rings. The van der Waals surface area contributed by atoms with Crippen molar-refractivity contribution < 1.29 is 57.9 Å². The maximum absolute atomic E-state index is 10.3. The first-order valence-corrected chi connectivity index (χ1v) is 16.6. The molecule has 10 aromatic rings. The predicted octanol–water partition coefficient (Wildman–Crippen LogP) is 15.5. The Labute approximate surface area is 387 Å². The van der Waals surface area contributed by atoms with Gasteiger partial charge in [-0.05, 0) is 109 Å². The molecule has 0 saturated carbocycles. The fraction of sp³-hybridized carbons (Fsp3) is 0.0545. The summed E-state index contributed by atoms with van der Waals surface area (Å²) in [5.41, 5.74) is -21.6. The third kappa shape index (κ3) is 5.40. The van der Waals surface area contributed by atoms with E-state index < -0.39 is 324 Å². The summed E-state index contributed by atoms with van der Waals surface area (Å²) in [6.45, 7) is -8.30. The van der Waals surface area contributed by atoms with Crippen molar-refractivity contribution in [2.45, 2.75) is 19.1 Å². The Balaban J connectivity index is 1.46. The minimum atomic E-state index is -4.15. The summed E-state index contributed by atoms with van der Waals surface area (Å²) in [5, 5.41) is -3.16. The van der Waals surface area contributed by atoms with Crippen molar-refractivity contribution in [2.75, 3.05) is 4.90 Å². The lowest BCUT2D eigenvalue weighted by atomic mass is 9.82. The van der Waals surface area contributed by atoms with Gasteiger partial charge in [-0.2, -0.15) is 0 Å². The van der Waals surface area contributed by atoms with Crippen molar-refractivity contribution in [1.82, 2.24) is 0 Å². The van der Waals surface area contributed by atoms with E-state index in [1.165, 1.54) is 0 Å². The molecular formula is C55H39NO. The molecular weight excluding hydrogens is 691 g/mol. The van der Waals surface area contributed by atoms with E-state index in [4.69, 9.17) is 42.8 Å². The van der Waals surface area contributed by atoms with Gasteiger partial charge in [0.05, 0.1) is 45.2 Å². The second-order valence-corrected chi connectivity index (χ2v) is 12.3. The average molecular weight is 769 g/mol. The van der Waals surface area contributed by atoms with Crippen molar-refractivity contribution in [3.8, 4) is 44.5 Å². The van der Waals surface area contributed by atoms with Gasteiger partial charge >= 0.3 is 0 Å². The van der Waals surface area contributed by atoms with Crippen LogP contribution in [0.2, 0.25) is 0 Å². The Hall–Kier alpha value is -7.16. The summed E-state index contributed by atoms with van der Waals surface area (Å²) in [6, 6.07) is -40.0. The molecule has 0 saturated heterocycles. The van der Waals surface area contributed by atoms with E-state index in [1.54, 1.807) is 0 Å². The summed E-state index contributed by atoms with van der Waals surface area (Å²) >= 11 is 0. The van der Waals surface area contributed by atoms with Crippen molar-refractivity contribution in [1.29, 1.82) is 0 Å². The van der Waals surface area contributed by atoms with Crippen molar-refractivity contribution in [2.24, 2.45) is 0 Å². The number of anilines is 3. The monoisotopic (exact) mass is 769 g/mol. The number of benzene rings is 9. The predicted molar refractivity (Wildman–Crippen MR) is 240 cm³/mol. The van der Waals surface area contributed by atoms with Gasteiger partial charge in [0.15, 0.2) is 0 Å². The fourth-order valence-electron chi connectivity index (χ4n) is 6.51. The molecule has 270 valence electrons. The number of nitrogens with zero attached hydrogens (tertiary/aromatic N) is 1. The average Bonchev–Trinajstić information content (AvgIpc) is 1.48.